The summed E-state index contributed by atoms with van der Waals surface area (Å²) in [7, 11) is 0. The van der Waals surface area contributed by atoms with Crippen molar-refractivity contribution in [1.82, 2.24) is 10.5 Å². The summed E-state index contributed by atoms with van der Waals surface area (Å²) in [5.74, 6) is 1.55. The summed E-state index contributed by atoms with van der Waals surface area (Å²) in [6, 6.07) is 15.3. The molecule has 0 spiro atoms. The molecule has 1 heterocycles. The number of aliphatic hydroxyl groups excluding tert-OH is 1. The van der Waals surface area contributed by atoms with Gasteiger partial charge in [-0.05, 0) is 37.1 Å². The van der Waals surface area contributed by atoms with Gasteiger partial charge in [0.1, 0.15) is 30.8 Å². The standard InChI is InChI=1S/C22H28N2O4/c1-2-3-10-19-22-20(11-7-12-21(22)28-24-19)27-16-17(25)15-23-13-14-26-18-8-5-4-6-9-18/h4-9,11-12,17,23,25H,2-3,10,13-16H2,1H3. The molecular weight excluding hydrogens is 356 g/mol. The lowest BCUT2D eigenvalue weighted by molar-refractivity contribution is 0.106. The third-order valence-corrected chi connectivity index (χ3v) is 4.40. The molecule has 3 aromatic rings. The molecule has 28 heavy (non-hydrogen) atoms. The Kier molecular flexibility index (Phi) is 7.70. The number of para-hydroxylation sites is 1. The highest BCUT2D eigenvalue weighted by molar-refractivity contribution is 5.86. The first-order valence-corrected chi connectivity index (χ1v) is 9.84. The van der Waals surface area contributed by atoms with E-state index in [1.165, 1.54) is 0 Å². The van der Waals surface area contributed by atoms with Crippen LogP contribution in [0.15, 0.2) is 53.1 Å². The van der Waals surface area contributed by atoms with E-state index in [9.17, 15) is 5.11 Å². The van der Waals surface area contributed by atoms with Gasteiger partial charge in [0.2, 0.25) is 0 Å². The van der Waals surface area contributed by atoms with Gasteiger partial charge in [0.05, 0.1) is 11.1 Å². The van der Waals surface area contributed by atoms with Crippen LogP contribution in [-0.4, -0.2) is 42.7 Å². The Morgan fingerprint density at radius 2 is 1.96 bits per heavy atom. The molecule has 6 heteroatoms. The Bertz CT molecular complexity index is 835. The Labute approximate surface area is 165 Å². The molecule has 0 aliphatic rings. The van der Waals surface area contributed by atoms with Crippen molar-refractivity contribution in [2.45, 2.75) is 32.3 Å². The van der Waals surface area contributed by atoms with E-state index in [1.807, 2.05) is 48.5 Å². The third-order valence-electron chi connectivity index (χ3n) is 4.40. The van der Waals surface area contributed by atoms with Crippen LogP contribution >= 0.6 is 0 Å². The van der Waals surface area contributed by atoms with E-state index >= 15 is 0 Å². The fraction of sp³-hybridized carbons (Fsp3) is 0.409. The summed E-state index contributed by atoms with van der Waals surface area (Å²) in [6.45, 7) is 3.96. The smallest absolute Gasteiger partial charge is 0.170 e. The summed E-state index contributed by atoms with van der Waals surface area (Å²) in [6.07, 6.45) is 2.38. The van der Waals surface area contributed by atoms with Crippen molar-refractivity contribution in [2.24, 2.45) is 0 Å². The van der Waals surface area contributed by atoms with Crippen molar-refractivity contribution >= 4 is 11.0 Å². The van der Waals surface area contributed by atoms with E-state index in [0.717, 1.165) is 36.1 Å². The Hall–Kier alpha value is -2.57. The molecule has 0 bridgehead atoms. The number of aromatic nitrogens is 1. The minimum atomic E-state index is -0.620. The minimum Gasteiger partial charge on any atom is -0.492 e. The molecule has 6 nitrogen and oxygen atoms in total. The molecule has 1 atom stereocenters. The molecule has 0 amide bonds. The molecule has 0 saturated heterocycles. The van der Waals surface area contributed by atoms with Crippen LogP contribution in [0.25, 0.3) is 11.0 Å². The number of aliphatic hydroxyl groups is 1. The zero-order chi connectivity index (χ0) is 19.6. The van der Waals surface area contributed by atoms with Gasteiger partial charge in [-0.3, -0.25) is 0 Å². The van der Waals surface area contributed by atoms with Gasteiger partial charge in [0.25, 0.3) is 0 Å². The highest BCUT2D eigenvalue weighted by Gasteiger charge is 2.14. The molecule has 0 fully saturated rings. The second kappa shape index (κ2) is 10.7. The van der Waals surface area contributed by atoms with Crippen molar-refractivity contribution in [2.75, 3.05) is 26.3 Å². The van der Waals surface area contributed by atoms with E-state index in [0.29, 0.717) is 31.0 Å². The van der Waals surface area contributed by atoms with Crippen molar-refractivity contribution in [3.8, 4) is 11.5 Å². The van der Waals surface area contributed by atoms with Gasteiger partial charge in [0.15, 0.2) is 5.58 Å². The van der Waals surface area contributed by atoms with Crippen LogP contribution in [0.2, 0.25) is 0 Å². The summed E-state index contributed by atoms with van der Waals surface area (Å²) >= 11 is 0. The molecule has 0 aliphatic heterocycles. The maximum atomic E-state index is 10.2. The minimum absolute atomic E-state index is 0.198. The lowest BCUT2D eigenvalue weighted by Gasteiger charge is -2.14. The van der Waals surface area contributed by atoms with Crippen molar-refractivity contribution < 1.29 is 19.1 Å². The molecular formula is C22H28N2O4. The van der Waals surface area contributed by atoms with Crippen LogP contribution in [0.3, 0.4) is 0 Å². The number of hydrogen-bond acceptors (Lipinski definition) is 6. The van der Waals surface area contributed by atoms with Gasteiger partial charge in [-0.15, -0.1) is 0 Å². The van der Waals surface area contributed by atoms with Crippen molar-refractivity contribution in [3.63, 3.8) is 0 Å². The SMILES string of the molecule is CCCCc1noc2cccc(OCC(O)CNCCOc3ccccc3)c12. The molecule has 0 saturated carbocycles. The maximum absolute atomic E-state index is 10.2. The first-order valence-electron chi connectivity index (χ1n) is 9.84. The number of ether oxygens (including phenoxy) is 2. The molecule has 0 radical (unpaired) electrons. The summed E-state index contributed by atoms with van der Waals surface area (Å²) < 4.78 is 16.9. The normalized spacial score (nSPS) is 12.2. The van der Waals surface area contributed by atoms with Gasteiger partial charge in [-0.1, -0.05) is 42.8 Å². The fourth-order valence-corrected chi connectivity index (χ4v) is 2.93. The summed E-state index contributed by atoms with van der Waals surface area (Å²) in [5, 5.41) is 18.5. The van der Waals surface area contributed by atoms with Crippen LogP contribution in [0.1, 0.15) is 25.5 Å². The maximum Gasteiger partial charge on any atom is 0.170 e. The van der Waals surface area contributed by atoms with Crippen molar-refractivity contribution in [1.29, 1.82) is 0 Å². The Morgan fingerprint density at radius 1 is 1.11 bits per heavy atom. The molecule has 1 unspecified atom stereocenters. The predicted molar refractivity (Wildman–Crippen MR) is 109 cm³/mol. The zero-order valence-corrected chi connectivity index (χ0v) is 16.3. The average molecular weight is 384 g/mol. The zero-order valence-electron chi connectivity index (χ0n) is 16.3. The fourth-order valence-electron chi connectivity index (χ4n) is 2.93. The molecule has 2 aromatic carbocycles. The number of aryl methyl sites for hydroxylation is 1. The van der Waals surface area contributed by atoms with E-state index in [4.69, 9.17) is 14.0 Å². The monoisotopic (exact) mass is 384 g/mol. The summed E-state index contributed by atoms with van der Waals surface area (Å²) in [5.41, 5.74) is 1.63. The van der Waals surface area contributed by atoms with Crippen LogP contribution in [0.5, 0.6) is 11.5 Å². The predicted octanol–water partition coefficient (Wildman–Crippen LogP) is 3.58. The van der Waals surface area contributed by atoms with Crippen LogP contribution < -0.4 is 14.8 Å². The molecule has 3 rings (SSSR count). The second-order valence-electron chi connectivity index (χ2n) is 6.69. The van der Waals surface area contributed by atoms with Crippen molar-refractivity contribution in [3.05, 3.63) is 54.2 Å². The number of nitrogens with zero attached hydrogens (tertiary/aromatic N) is 1. The lowest BCUT2D eigenvalue weighted by atomic mass is 10.1. The van der Waals surface area contributed by atoms with Gasteiger partial charge in [-0.25, -0.2) is 0 Å². The largest absolute Gasteiger partial charge is 0.492 e. The average Bonchev–Trinajstić information content (AvgIpc) is 3.15. The Balaban J connectivity index is 1.43. The van der Waals surface area contributed by atoms with Gasteiger partial charge >= 0.3 is 0 Å². The van der Waals surface area contributed by atoms with Gasteiger partial charge in [-0.2, -0.15) is 0 Å². The summed E-state index contributed by atoms with van der Waals surface area (Å²) in [4.78, 5) is 0. The van der Waals surface area contributed by atoms with E-state index in [2.05, 4.69) is 17.4 Å². The molecule has 150 valence electrons. The molecule has 0 aliphatic carbocycles. The molecule has 2 N–H and O–H groups in total. The first-order chi connectivity index (χ1) is 13.8. The van der Waals surface area contributed by atoms with Gasteiger partial charge in [0, 0.05) is 13.1 Å². The van der Waals surface area contributed by atoms with E-state index < -0.39 is 6.10 Å². The van der Waals surface area contributed by atoms with E-state index in [-0.39, 0.29) is 6.61 Å². The number of hydrogen-bond donors (Lipinski definition) is 2. The second-order valence-corrected chi connectivity index (χ2v) is 6.69. The highest BCUT2D eigenvalue weighted by atomic mass is 16.5. The molecule has 1 aromatic heterocycles. The third kappa shape index (κ3) is 5.71. The van der Waals surface area contributed by atoms with Crippen LogP contribution in [0.4, 0.5) is 0 Å². The number of rotatable bonds is 12. The Morgan fingerprint density at radius 3 is 2.79 bits per heavy atom. The highest BCUT2D eigenvalue weighted by Crippen LogP contribution is 2.29. The lowest BCUT2D eigenvalue weighted by Crippen LogP contribution is -2.33. The topological polar surface area (TPSA) is 76.8 Å². The van der Waals surface area contributed by atoms with Gasteiger partial charge < -0.3 is 24.4 Å². The number of unbranched alkanes of at least 4 members (excludes halogenated alkanes) is 1. The number of benzene rings is 2. The number of nitrogens with one attached hydrogen (secondary N) is 1. The van der Waals surface area contributed by atoms with E-state index in [1.54, 1.807) is 0 Å². The van der Waals surface area contributed by atoms with Crippen LogP contribution in [0, 0.1) is 0 Å². The van der Waals surface area contributed by atoms with Crippen LogP contribution in [-0.2, 0) is 6.42 Å². The first kappa shape index (κ1) is 20.2. The number of fused-ring (bicyclic) bond motifs is 1. The quantitative estimate of drug-likeness (QED) is 0.465.